The first kappa shape index (κ1) is 10.9. The van der Waals surface area contributed by atoms with E-state index in [9.17, 15) is 4.79 Å². The number of hydrogen-bond acceptors (Lipinski definition) is 2. The third-order valence-electron chi connectivity index (χ3n) is 2.31. The van der Waals surface area contributed by atoms with Crippen molar-refractivity contribution in [3.8, 4) is 0 Å². The second-order valence-electron chi connectivity index (χ2n) is 3.40. The molecule has 0 atom stereocenters. The molecule has 80 valence electrons. The van der Waals surface area contributed by atoms with Gasteiger partial charge in [-0.3, -0.25) is 4.79 Å². The lowest BCUT2D eigenvalue weighted by atomic mass is 10.0. The van der Waals surface area contributed by atoms with Gasteiger partial charge in [0.05, 0.1) is 4.47 Å². The maximum atomic E-state index is 12.1. The number of ketones is 1. The molecule has 2 nitrogen and oxygen atoms in total. The van der Waals surface area contributed by atoms with Crippen LogP contribution in [0.2, 0.25) is 0 Å². The van der Waals surface area contributed by atoms with Crippen molar-refractivity contribution >= 4 is 27.4 Å². The number of nitrogens with two attached hydrogens (primary N) is 1. The van der Waals surface area contributed by atoms with Gasteiger partial charge >= 0.3 is 0 Å². The van der Waals surface area contributed by atoms with Gasteiger partial charge in [-0.1, -0.05) is 36.4 Å². The summed E-state index contributed by atoms with van der Waals surface area (Å²) in [5, 5.41) is 0. The summed E-state index contributed by atoms with van der Waals surface area (Å²) in [7, 11) is 0. The summed E-state index contributed by atoms with van der Waals surface area (Å²) in [6, 6.07) is 14.4. The molecule has 0 spiro atoms. The van der Waals surface area contributed by atoms with Crippen molar-refractivity contribution in [2.75, 3.05) is 5.73 Å². The second kappa shape index (κ2) is 4.49. The first-order chi connectivity index (χ1) is 7.70. The number of carbonyl (C=O) groups is 1. The highest BCUT2D eigenvalue weighted by Crippen LogP contribution is 2.25. The van der Waals surface area contributed by atoms with Crippen molar-refractivity contribution in [3.63, 3.8) is 0 Å². The van der Waals surface area contributed by atoms with Crippen LogP contribution in [0.15, 0.2) is 53.0 Å². The number of halogens is 1. The Morgan fingerprint density at radius 2 is 1.69 bits per heavy atom. The normalized spacial score (nSPS) is 10.1. The van der Waals surface area contributed by atoms with Crippen LogP contribution in [-0.2, 0) is 0 Å². The van der Waals surface area contributed by atoms with Gasteiger partial charge in [0.15, 0.2) is 5.78 Å². The lowest BCUT2D eigenvalue weighted by molar-refractivity contribution is 0.103. The zero-order valence-corrected chi connectivity index (χ0v) is 10.1. The number of benzene rings is 2. The Bertz CT molecular complexity index is 523. The van der Waals surface area contributed by atoms with Crippen LogP contribution in [0.4, 0.5) is 5.69 Å². The largest absolute Gasteiger partial charge is 0.398 e. The Balaban J connectivity index is 2.46. The second-order valence-corrected chi connectivity index (χ2v) is 4.20. The molecule has 0 aliphatic carbocycles. The van der Waals surface area contributed by atoms with Crippen LogP contribution in [0.25, 0.3) is 0 Å². The van der Waals surface area contributed by atoms with Crippen molar-refractivity contribution in [2.24, 2.45) is 0 Å². The van der Waals surface area contributed by atoms with Crippen LogP contribution in [0.1, 0.15) is 15.9 Å². The van der Waals surface area contributed by atoms with Gasteiger partial charge < -0.3 is 5.73 Å². The van der Waals surface area contributed by atoms with Gasteiger partial charge in [-0.25, -0.2) is 0 Å². The van der Waals surface area contributed by atoms with E-state index in [1.165, 1.54) is 0 Å². The highest BCUT2D eigenvalue weighted by Gasteiger charge is 2.13. The molecule has 0 fully saturated rings. The summed E-state index contributed by atoms with van der Waals surface area (Å²) >= 11 is 3.33. The number of rotatable bonds is 2. The molecule has 0 amide bonds. The van der Waals surface area contributed by atoms with Crippen molar-refractivity contribution in [1.29, 1.82) is 0 Å². The predicted octanol–water partition coefficient (Wildman–Crippen LogP) is 3.26. The molecule has 0 aromatic heterocycles. The maximum absolute atomic E-state index is 12.1. The lowest BCUT2D eigenvalue weighted by Crippen LogP contribution is -2.03. The summed E-state index contributed by atoms with van der Waals surface area (Å²) in [5.41, 5.74) is 7.56. The fourth-order valence-corrected chi connectivity index (χ4v) is 1.91. The van der Waals surface area contributed by atoms with Crippen molar-refractivity contribution < 1.29 is 4.79 Å². The van der Waals surface area contributed by atoms with E-state index in [2.05, 4.69) is 15.9 Å². The maximum Gasteiger partial charge on any atom is 0.194 e. The quantitative estimate of drug-likeness (QED) is 0.675. The summed E-state index contributed by atoms with van der Waals surface area (Å²) < 4.78 is 0.656. The first-order valence-corrected chi connectivity index (χ1v) is 5.63. The Labute approximate surface area is 102 Å². The van der Waals surface area contributed by atoms with Crippen LogP contribution >= 0.6 is 15.9 Å². The lowest BCUT2D eigenvalue weighted by Gasteiger charge is -2.05. The molecule has 16 heavy (non-hydrogen) atoms. The average molecular weight is 276 g/mol. The smallest absolute Gasteiger partial charge is 0.194 e. The molecule has 2 aromatic rings. The standard InChI is InChI=1S/C13H10BrNO/c14-12-10(7-4-8-11(12)15)13(16)9-5-2-1-3-6-9/h1-8H,15H2. The fourth-order valence-electron chi connectivity index (χ4n) is 1.47. The van der Waals surface area contributed by atoms with Crippen LogP contribution in [-0.4, -0.2) is 5.78 Å². The van der Waals surface area contributed by atoms with E-state index in [0.29, 0.717) is 21.3 Å². The Hall–Kier alpha value is -1.61. The van der Waals surface area contributed by atoms with E-state index in [-0.39, 0.29) is 5.78 Å². The van der Waals surface area contributed by atoms with Crippen LogP contribution < -0.4 is 5.73 Å². The third kappa shape index (κ3) is 1.99. The molecule has 0 heterocycles. The minimum absolute atomic E-state index is 0.0280. The van der Waals surface area contributed by atoms with Gasteiger partial charge in [0.25, 0.3) is 0 Å². The van der Waals surface area contributed by atoms with Crippen LogP contribution in [0.5, 0.6) is 0 Å². The van der Waals surface area contributed by atoms with Crippen molar-refractivity contribution in [3.05, 3.63) is 64.1 Å². The number of anilines is 1. The molecule has 0 unspecified atom stereocenters. The van der Waals surface area contributed by atoms with Gasteiger partial charge in [-0.15, -0.1) is 0 Å². The molecule has 0 aliphatic heterocycles. The van der Waals surface area contributed by atoms with E-state index in [4.69, 9.17) is 5.73 Å². The highest BCUT2D eigenvalue weighted by atomic mass is 79.9. The van der Waals surface area contributed by atoms with Gasteiger partial charge in [0.1, 0.15) is 0 Å². The van der Waals surface area contributed by atoms with E-state index < -0.39 is 0 Å². The molecular formula is C13H10BrNO. The van der Waals surface area contributed by atoms with E-state index in [1.807, 2.05) is 18.2 Å². The average Bonchev–Trinajstić information content (AvgIpc) is 2.33. The zero-order valence-electron chi connectivity index (χ0n) is 8.48. The SMILES string of the molecule is Nc1cccc(C(=O)c2ccccc2)c1Br. The molecule has 0 saturated heterocycles. The molecule has 2 N–H and O–H groups in total. The molecule has 0 aliphatic rings. The summed E-state index contributed by atoms with van der Waals surface area (Å²) in [4.78, 5) is 12.1. The first-order valence-electron chi connectivity index (χ1n) is 4.84. The molecule has 2 aromatic carbocycles. The monoisotopic (exact) mass is 275 g/mol. The minimum Gasteiger partial charge on any atom is -0.398 e. The Kier molecular flexibility index (Phi) is 3.06. The predicted molar refractivity (Wildman–Crippen MR) is 68.4 cm³/mol. The minimum atomic E-state index is -0.0280. The van der Waals surface area contributed by atoms with Gasteiger partial charge in [-0.2, -0.15) is 0 Å². The van der Waals surface area contributed by atoms with Gasteiger partial charge in [-0.05, 0) is 28.1 Å². The van der Waals surface area contributed by atoms with E-state index in [0.717, 1.165) is 0 Å². The third-order valence-corrected chi connectivity index (χ3v) is 3.19. The van der Waals surface area contributed by atoms with Crippen LogP contribution in [0, 0.1) is 0 Å². The van der Waals surface area contributed by atoms with Crippen molar-refractivity contribution in [2.45, 2.75) is 0 Å². The van der Waals surface area contributed by atoms with Gasteiger partial charge in [0.2, 0.25) is 0 Å². The molecule has 0 radical (unpaired) electrons. The fraction of sp³-hybridized carbons (Fsp3) is 0. The Morgan fingerprint density at radius 3 is 2.38 bits per heavy atom. The van der Waals surface area contributed by atoms with E-state index in [1.54, 1.807) is 30.3 Å². The van der Waals surface area contributed by atoms with Gasteiger partial charge in [0, 0.05) is 16.8 Å². The summed E-state index contributed by atoms with van der Waals surface area (Å²) in [5.74, 6) is -0.0280. The zero-order chi connectivity index (χ0) is 11.5. The number of carbonyl (C=O) groups excluding carboxylic acids is 1. The molecule has 2 rings (SSSR count). The van der Waals surface area contributed by atoms with Crippen LogP contribution in [0.3, 0.4) is 0 Å². The molecular weight excluding hydrogens is 266 g/mol. The van der Waals surface area contributed by atoms with Crippen molar-refractivity contribution in [1.82, 2.24) is 0 Å². The highest BCUT2D eigenvalue weighted by molar-refractivity contribution is 9.10. The number of nitrogen functional groups attached to an aromatic ring is 1. The number of hydrogen-bond donors (Lipinski definition) is 1. The molecule has 0 saturated carbocycles. The topological polar surface area (TPSA) is 43.1 Å². The van der Waals surface area contributed by atoms with E-state index >= 15 is 0 Å². The summed E-state index contributed by atoms with van der Waals surface area (Å²) in [6.07, 6.45) is 0. The molecule has 3 heteroatoms. The molecule has 0 bridgehead atoms. The summed E-state index contributed by atoms with van der Waals surface area (Å²) in [6.45, 7) is 0. The Morgan fingerprint density at radius 1 is 1.00 bits per heavy atom.